The van der Waals surface area contributed by atoms with Crippen molar-refractivity contribution in [1.82, 2.24) is 48.2 Å². The summed E-state index contributed by atoms with van der Waals surface area (Å²) in [5.41, 5.74) is 37.0. The first-order valence-electron chi connectivity index (χ1n) is 42.4. The van der Waals surface area contributed by atoms with Crippen molar-refractivity contribution < 1.29 is 4.74 Å². The first-order valence-corrected chi connectivity index (χ1v) is 44.3. The molecule has 0 unspecified atom stereocenters. The maximum absolute atomic E-state index is 13.4. The highest BCUT2D eigenvalue weighted by atomic mass is 35.5. The minimum Gasteiger partial charge on any atom is -0.480 e. The molecule has 5 atom stereocenters. The van der Waals surface area contributed by atoms with Crippen LogP contribution >= 0.6 is 58.0 Å². The third kappa shape index (κ3) is 14.8. The smallest absolute Gasteiger partial charge is 0.264 e. The van der Waals surface area contributed by atoms with Crippen LogP contribution in [0.2, 0.25) is 25.2 Å². The SMILES string of the molecule is COc1nccc(C2=NCc3nc(N4CCC5(CC[C@@H](C)[C@H]5N)CC4)n(C)c(=O)c32)c1Cl.Cn1c(N2CCC3(CCC[C@H]3N)CC2)nc2c(c1=O)C(c1cccc(Cl)c1Cl)=NC2.Cn1c(N2CCC3(CCC[C@H]3N)CC2)nc2c(c1=O)C(c1ccccc1)=NC2.Cn1c(N2CCC3(CCC[C@H]3N)CC2)nc2c(c1=O)C(c1ccnc(Cl)c1Cl)=NC2. The Morgan fingerprint density at radius 1 is 0.392 bits per heavy atom. The van der Waals surface area contributed by atoms with Crippen LogP contribution in [0.15, 0.2) is 112 Å². The van der Waals surface area contributed by atoms with E-state index in [2.05, 4.69) is 56.5 Å². The minimum atomic E-state index is -0.117. The zero-order chi connectivity index (χ0) is 84.0. The van der Waals surface area contributed by atoms with Gasteiger partial charge in [-0.25, -0.2) is 29.9 Å². The van der Waals surface area contributed by atoms with Crippen LogP contribution in [0.25, 0.3) is 0 Å². The van der Waals surface area contributed by atoms with E-state index < -0.39 is 0 Å². The Morgan fingerprint density at radius 3 is 1.10 bits per heavy atom. The second-order valence-corrected chi connectivity index (χ2v) is 37.0. The van der Waals surface area contributed by atoms with Crippen LogP contribution in [-0.2, 0) is 54.4 Å². The van der Waals surface area contributed by atoms with Crippen LogP contribution in [0, 0.1) is 27.6 Å². The molecule has 27 nitrogen and oxygen atoms in total. The number of halogens is 5. The number of aliphatic imine (C=N–C) groups is 4. The third-order valence-corrected chi connectivity index (χ3v) is 31.0. The highest BCUT2D eigenvalue weighted by molar-refractivity contribution is 6.45. The number of fused-ring (bicyclic) bond motifs is 4. The molecular formula is C88H105Cl5N22O5. The molecule has 6 aromatic heterocycles. The largest absolute Gasteiger partial charge is 0.480 e. The van der Waals surface area contributed by atoms with Gasteiger partial charge in [-0.1, -0.05) is 127 Å². The van der Waals surface area contributed by atoms with E-state index in [1.165, 1.54) is 58.5 Å². The summed E-state index contributed by atoms with van der Waals surface area (Å²) in [7, 11) is 8.68. The zero-order valence-electron chi connectivity index (χ0n) is 69.0. The fraction of sp³-hybridized carbons (Fsp3) is 0.523. The summed E-state index contributed by atoms with van der Waals surface area (Å²) in [5.74, 6) is 3.79. The molecule has 4 saturated carbocycles. The second kappa shape index (κ2) is 33.5. The van der Waals surface area contributed by atoms with Crippen LogP contribution in [0.4, 0.5) is 23.8 Å². The lowest BCUT2D eigenvalue weighted by atomic mass is 9.73. The highest BCUT2D eigenvalue weighted by Gasteiger charge is 2.49. The molecule has 632 valence electrons. The summed E-state index contributed by atoms with van der Waals surface area (Å²) in [4.78, 5) is 108. The Bertz CT molecular complexity index is 5560. The average molecular weight is 1730 g/mol. The number of benzene rings is 2. The zero-order valence-corrected chi connectivity index (χ0v) is 72.8. The lowest BCUT2D eigenvalue weighted by molar-refractivity contribution is 0.185. The van der Waals surface area contributed by atoms with Crippen LogP contribution in [-0.4, -0.2) is 155 Å². The van der Waals surface area contributed by atoms with E-state index in [0.29, 0.717) is 173 Å². The van der Waals surface area contributed by atoms with Crippen molar-refractivity contribution in [3.05, 3.63) is 207 Å². The van der Waals surface area contributed by atoms with Gasteiger partial charge in [-0.15, -0.1) is 0 Å². The van der Waals surface area contributed by atoms with E-state index in [1.807, 2.05) is 49.5 Å². The van der Waals surface area contributed by atoms with E-state index >= 15 is 0 Å². The Morgan fingerprint density at radius 2 is 0.742 bits per heavy atom. The number of aromatic nitrogens is 10. The predicted molar refractivity (Wildman–Crippen MR) is 476 cm³/mol. The van der Waals surface area contributed by atoms with Crippen LogP contribution < -0.4 is 69.5 Å². The molecule has 14 heterocycles. The lowest BCUT2D eigenvalue weighted by Gasteiger charge is -2.43. The number of piperidine rings is 4. The van der Waals surface area contributed by atoms with Gasteiger partial charge in [0.15, 0.2) is 0 Å². The predicted octanol–water partition coefficient (Wildman–Crippen LogP) is 11.2. The van der Waals surface area contributed by atoms with Crippen molar-refractivity contribution in [2.45, 2.75) is 179 Å². The molecule has 0 amide bonds. The summed E-state index contributed by atoms with van der Waals surface area (Å²) in [6, 6.07) is 19.9. The maximum atomic E-state index is 13.4. The number of nitrogens with two attached hydrogens (primary N) is 4. The van der Waals surface area contributed by atoms with E-state index in [0.717, 1.165) is 146 Å². The van der Waals surface area contributed by atoms with Crippen molar-refractivity contribution in [3.63, 3.8) is 0 Å². The summed E-state index contributed by atoms with van der Waals surface area (Å²) < 4.78 is 11.8. The molecule has 4 saturated heterocycles. The van der Waals surface area contributed by atoms with Crippen molar-refractivity contribution in [2.24, 2.45) is 98.7 Å². The van der Waals surface area contributed by atoms with Gasteiger partial charge in [-0.2, -0.15) is 0 Å². The minimum absolute atomic E-state index is 0.00189. The normalized spacial score (nSPS) is 23.0. The maximum Gasteiger partial charge on any atom is 0.264 e. The number of ether oxygens (including phenoxy) is 1. The monoisotopic (exact) mass is 1720 g/mol. The van der Waals surface area contributed by atoms with Gasteiger partial charge in [0.05, 0.1) is 116 Å². The summed E-state index contributed by atoms with van der Waals surface area (Å²) in [6.07, 6.45) is 24.8. The number of hydrogen-bond donors (Lipinski definition) is 4. The van der Waals surface area contributed by atoms with Crippen LogP contribution in [0.5, 0.6) is 5.88 Å². The van der Waals surface area contributed by atoms with Crippen LogP contribution in [0.1, 0.15) is 196 Å². The number of methoxy groups -OCH3 is 1. The quantitative estimate of drug-likeness (QED) is 0.0975. The molecule has 32 heteroatoms. The molecule has 20 rings (SSSR count). The molecule has 12 aliphatic rings. The number of nitrogens with zero attached hydrogens (tertiary/aromatic N) is 18. The molecule has 2 aromatic carbocycles. The highest BCUT2D eigenvalue weighted by Crippen LogP contribution is 2.51. The van der Waals surface area contributed by atoms with Crippen molar-refractivity contribution >= 4 is 105 Å². The number of anilines is 4. The molecule has 120 heavy (non-hydrogen) atoms. The molecule has 0 bridgehead atoms. The summed E-state index contributed by atoms with van der Waals surface area (Å²) >= 11 is 31.4. The second-order valence-electron chi connectivity index (χ2n) is 35.1. The molecule has 4 spiro atoms. The number of hydrogen-bond acceptors (Lipinski definition) is 23. The Labute approximate surface area is 722 Å². The fourth-order valence-electron chi connectivity index (χ4n) is 21.6. The Hall–Kier alpha value is -8.77. The van der Waals surface area contributed by atoms with E-state index in [9.17, 15) is 19.2 Å². The molecule has 0 radical (unpaired) electrons. The van der Waals surface area contributed by atoms with Gasteiger partial charge in [-0.3, -0.25) is 57.4 Å². The topological polar surface area (TPSA) is 341 Å². The van der Waals surface area contributed by atoms with E-state index in [1.54, 1.807) is 70.0 Å². The fourth-order valence-corrected chi connectivity index (χ4v) is 22.6. The van der Waals surface area contributed by atoms with Crippen molar-refractivity contribution in [2.75, 3.05) is 79.1 Å². The van der Waals surface area contributed by atoms with E-state index in [-0.39, 0.29) is 49.7 Å². The van der Waals surface area contributed by atoms with Crippen molar-refractivity contribution in [1.29, 1.82) is 0 Å². The van der Waals surface area contributed by atoms with Gasteiger partial charge in [-0.05, 0) is 149 Å². The van der Waals surface area contributed by atoms with Gasteiger partial charge in [0.1, 0.15) is 10.2 Å². The molecule has 8 aliphatic heterocycles. The van der Waals surface area contributed by atoms with Gasteiger partial charge >= 0.3 is 0 Å². The molecule has 4 aliphatic carbocycles. The van der Waals surface area contributed by atoms with Gasteiger partial charge in [0, 0.05) is 139 Å². The van der Waals surface area contributed by atoms with E-state index in [4.69, 9.17) is 106 Å². The Kier molecular flexibility index (Phi) is 23.3. The Balaban J connectivity index is 0.000000114. The first kappa shape index (κ1) is 83.5. The lowest BCUT2D eigenvalue weighted by Crippen LogP contribution is -2.49. The third-order valence-electron chi connectivity index (χ3n) is 29.0. The summed E-state index contributed by atoms with van der Waals surface area (Å²) in [6.45, 7) is 10.9. The molecular weight excluding hydrogens is 1620 g/mol. The number of pyridine rings is 2. The summed E-state index contributed by atoms with van der Waals surface area (Å²) in [5, 5.41) is 1.69. The first-order chi connectivity index (χ1) is 57.8. The molecule has 8 fully saturated rings. The van der Waals surface area contributed by atoms with Gasteiger partial charge < -0.3 is 47.3 Å². The number of rotatable bonds is 9. The molecule has 8 aromatic rings. The van der Waals surface area contributed by atoms with Crippen LogP contribution in [0.3, 0.4) is 0 Å². The van der Waals surface area contributed by atoms with Gasteiger partial charge in [0.2, 0.25) is 29.7 Å². The average Bonchev–Trinajstić information content (AvgIpc) is 1.58. The molecule has 8 N–H and O–H groups in total. The van der Waals surface area contributed by atoms with Crippen molar-refractivity contribution in [3.8, 4) is 5.88 Å². The standard InChI is InChI=1S/C23H29ClN6O2.C22H25Cl2N5O.C22H27N5O.C21H24Cl2N6O/c1-13-4-6-23(19(13)25)7-10-30(11-8-23)22-28-15-12-27-18(16(15)21(31)29(22)2)14-5-9-26-20(32-3)17(14)24;1-28-20(30)17-15(12-26-19(17)13-4-2-5-14(23)18(13)24)27-21(28)29-10-8-22(9-11-29)7-3-6-16(22)25;1-26-20(28)18-16(14-24-19(18)15-6-3-2-4-7-15)25-21(26)27-12-10-22(11-13-27)9-5-8-17(22)23;1-28-19(30)15-13(11-26-17(15)12-4-8-25-18(23)16(12)22)27-20(28)29-9-6-21(7-10-29)5-2-3-14(21)24/h5,9,13,19H,4,6-8,10-12,25H2,1-3H3;2,4-5,16H,3,6-12,25H2,1H3;2-4,6-7,17H,5,8-14,23H2,1H3;4,8,14H,2-3,5-7,9-11,24H2,1H3/t13-,19-;16-;17-;14-/m1111/s1. The van der Waals surface area contributed by atoms with Gasteiger partial charge in [0.25, 0.3) is 22.2 Å².